The summed E-state index contributed by atoms with van der Waals surface area (Å²) in [4.78, 5) is 14.6. The molecule has 0 bridgehead atoms. The van der Waals surface area contributed by atoms with Gasteiger partial charge < -0.3 is 9.32 Å². The number of nitrogens with zero attached hydrogens (tertiary/aromatic N) is 4. The SMILES string of the molecule is Cc1nn(-c2ccccc2)c(N2CCCC2)c1/C=N/NC(=O)c1ccoc1C. The summed E-state index contributed by atoms with van der Waals surface area (Å²) >= 11 is 0. The van der Waals surface area contributed by atoms with Crippen LogP contribution < -0.4 is 10.3 Å². The molecule has 0 spiro atoms. The van der Waals surface area contributed by atoms with Gasteiger partial charge in [-0.15, -0.1) is 0 Å². The highest BCUT2D eigenvalue weighted by Crippen LogP contribution is 2.28. The van der Waals surface area contributed by atoms with Gasteiger partial charge in [0.25, 0.3) is 5.91 Å². The van der Waals surface area contributed by atoms with Gasteiger partial charge in [-0.05, 0) is 44.9 Å². The van der Waals surface area contributed by atoms with E-state index in [1.54, 1.807) is 19.2 Å². The molecule has 7 nitrogen and oxygen atoms in total. The van der Waals surface area contributed by atoms with Crippen LogP contribution in [0.4, 0.5) is 5.82 Å². The van der Waals surface area contributed by atoms with Crippen molar-refractivity contribution < 1.29 is 9.21 Å². The molecule has 1 fully saturated rings. The Bertz CT molecular complexity index is 997. The number of hydrogen-bond donors (Lipinski definition) is 1. The third kappa shape index (κ3) is 3.43. The second-order valence-corrected chi connectivity index (χ2v) is 6.85. The molecule has 1 aromatic carbocycles. The van der Waals surface area contributed by atoms with E-state index in [0.29, 0.717) is 11.3 Å². The molecule has 0 atom stereocenters. The van der Waals surface area contributed by atoms with Crippen LogP contribution in [0.2, 0.25) is 0 Å². The van der Waals surface area contributed by atoms with E-state index in [1.165, 1.54) is 6.26 Å². The molecule has 0 unspecified atom stereocenters. The molecule has 1 amide bonds. The van der Waals surface area contributed by atoms with E-state index in [9.17, 15) is 4.79 Å². The molecule has 0 saturated carbocycles. The van der Waals surface area contributed by atoms with Crippen molar-refractivity contribution >= 4 is 17.9 Å². The van der Waals surface area contributed by atoms with Gasteiger partial charge in [0, 0.05) is 13.1 Å². The second kappa shape index (κ2) is 7.72. The van der Waals surface area contributed by atoms with Gasteiger partial charge in [0.05, 0.1) is 35.0 Å². The van der Waals surface area contributed by atoms with Gasteiger partial charge in [0.1, 0.15) is 11.6 Å². The number of anilines is 1. The van der Waals surface area contributed by atoms with E-state index in [2.05, 4.69) is 15.4 Å². The van der Waals surface area contributed by atoms with Crippen molar-refractivity contribution in [2.24, 2.45) is 5.10 Å². The van der Waals surface area contributed by atoms with E-state index in [4.69, 9.17) is 9.52 Å². The summed E-state index contributed by atoms with van der Waals surface area (Å²) in [5.74, 6) is 1.29. The molecule has 1 saturated heterocycles. The Morgan fingerprint density at radius 2 is 1.93 bits per heavy atom. The summed E-state index contributed by atoms with van der Waals surface area (Å²) in [5.41, 5.74) is 5.84. The number of rotatable bonds is 5. The lowest BCUT2D eigenvalue weighted by atomic mass is 10.2. The Labute approximate surface area is 163 Å². The zero-order chi connectivity index (χ0) is 19.5. The fourth-order valence-electron chi connectivity index (χ4n) is 3.50. The topological polar surface area (TPSA) is 75.7 Å². The van der Waals surface area contributed by atoms with E-state index in [-0.39, 0.29) is 5.91 Å². The molecular formula is C21H23N5O2. The highest BCUT2D eigenvalue weighted by molar-refractivity contribution is 5.96. The highest BCUT2D eigenvalue weighted by atomic mass is 16.3. The minimum atomic E-state index is -0.293. The lowest BCUT2D eigenvalue weighted by molar-refractivity contribution is 0.0953. The van der Waals surface area contributed by atoms with Crippen LogP contribution in [-0.4, -0.2) is 35.0 Å². The van der Waals surface area contributed by atoms with E-state index < -0.39 is 0 Å². The first-order valence-corrected chi connectivity index (χ1v) is 9.42. The number of carbonyl (C=O) groups excluding carboxylic acids is 1. The zero-order valence-corrected chi connectivity index (χ0v) is 16.1. The van der Waals surface area contributed by atoms with Crippen molar-refractivity contribution in [3.63, 3.8) is 0 Å². The first-order chi connectivity index (χ1) is 13.6. The normalized spacial score (nSPS) is 14.1. The Balaban J connectivity index is 1.65. The smallest absolute Gasteiger partial charge is 0.274 e. The maximum Gasteiger partial charge on any atom is 0.274 e. The van der Waals surface area contributed by atoms with Gasteiger partial charge in [-0.25, -0.2) is 10.1 Å². The molecule has 3 heterocycles. The number of aryl methyl sites for hydroxylation is 2. The van der Waals surface area contributed by atoms with Gasteiger partial charge in [0.15, 0.2) is 0 Å². The van der Waals surface area contributed by atoms with Crippen molar-refractivity contribution in [2.45, 2.75) is 26.7 Å². The minimum absolute atomic E-state index is 0.293. The predicted octanol–water partition coefficient (Wildman–Crippen LogP) is 3.45. The van der Waals surface area contributed by atoms with Crippen molar-refractivity contribution in [1.82, 2.24) is 15.2 Å². The van der Waals surface area contributed by atoms with Crippen LogP contribution in [0, 0.1) is 13.8 Å². The Kier molecular flexibility index (Phi) is 4.97. The molecular weight excluding hydrogens is 354 g/mol. The second-order valence-electron chi connectivity index (χ2n) is 6.85. The van der Waals surface area contributed by atoms with Crippen LogP contribution in [0.5, 0.6) is 0 Å². The standard InChI is InChI=1S/C21H23N5O2/c1-15-19(14-22-23-20(27)18-10-13-28-16(18)2)21(25-11-6-7-12-25)26(24-15)17-8-4-3-5-9-17/h3-5,8-10,13-14H,6-7,11-12H2,1-2H3,(H,23,27)/b22-14+. The lowest BCUT2D eigenvalue weighted by Gasteiger charge is -2.20. The Hall–Kier alpha value is -3.35. The molecule has 2 aromatic heterocycles. The summed E-state index contributed by atoms with van der Waals surface area (Å²) in [5, 5.41) is 8.94. The van der Waals surface area contributed by atoms with Crippen molar-refractivity contribution in [1.29, 1.82) is 0 Å². The largest absolute Gasteiger partial charge is 0.469 e. The predicted molar refractivity (Wildman–Crippen MR) is 108 cm³/mol. The number of amides is 1. The first kappa shape index (κ1) is 18.0. The third-order valence-electron chi connectivity index (χ3n) is 4.95. The van der Waals surface area contributed by atoms with Crippen LogP contribution in [0.3, 0.4) is 0 Å². The molecule has 1 aliphatic heterocycles. The van der Waals surface area contributed by atoms with Crippen LogP contribution in [0.1, 0.15) is 40.2 Å². The summed E-state index contributed by atoms with van der Waals surface area (Å²) in [6.07, 6.45) is 5.49. The number of hydrogen-bond acceptors (Lipinski definition) is 5. The van der Waals surface area contributed by atoms with E-state index in [0.717, 1.165) is 48.7 Å². The maximum absolute atomic E-state index is 12.3. The summed E-state index contributed by atoms with van der Waals surface area (Å²) in [6.45, 7) is 5.68. The molecule has 144 valence electrons. The van der Waals surface area contributed by atoms with Crippen molar-refractivity contribution in [3.05, 3.63) is 65.2 Å². The fourth-order valence-corrected chi connectivity index (χ4v) is 3.50. The minimum Gasteiger partial charge on any atom is -0.469 e. The van der Waals surface area contributed by atoms with Gasteiger partial charge in [-0.3, -0.25) is 4.79 Å². The summed E-state index contributed by atoms with van der Waals surface area (Å²) < 4.78 is 7.14. The van der Waals surface area contributed by atoms with Crippen molar-refractivity contribution in [3.8, 4) is 5.69 Å². The molecule has 3 aromatic rings. The third-order valence-corrected chi connectivity index (χ3v) is 4.95. The summed E-state index contributed by atoms with van der Waals surface area (Å²) in [7, 11) is 0. The number of nitrogens with one attached hydrogen (secondary N) is 1. The average molecular weight is 377 g/mol. The van der Waals surface area contributed by atoms with Crippen molar-refractivity contribution in [2.75, 3.05) is 18.0 Å². The number of hydrazone groups is 1. The number of furan rings is 1. The Morgan fingerprint density at radius 3 is 2.61 bits per heavy atom. The first-order valence-electron chi connectivity index (χ1n) is 9.42. The lowest BCUT2D eigenvalue weighted by Crippen LogP contribution is -2.23. The zero-order valence-electron chi connectivity index (χ0n) is 16.1. The number of aromatic nitrogens is 2. The van der Waals surface area contributed by atoms with Gasteiger partial charge in [-0.2, -0.15) is 10.2 Å². The number of carbonyl (C=O) groups is 1. The van der Waals surface area contributed by atoms with Gasteiger partial charge in [-0.1, -0.05) is 18.2 Å². The average Bonchev–Trinajstić information content (AvgIpc) is 3.43. The summed E-state index contributed by atoms with van der Waals surface area (Å²) in [6, 6.07) is 11.7. The van der Waals surface area contributed by atoms with Crippen LogP contribution in [0.15, 0.2) is 52.2 Å². The molecule has 4 rings (SSSR count). The van der Waals surface area contributed by atoms with E-state index >= 15 is 0 Å². The van der Waals surface area contributed by atoms with Gasteiger partial charge >= 0.3 is 0 Å². The number of benzene rings is 1. The molecule has 0 radical (unpaired) electrons. The fraction of sp³-hybridized carbons (Fsp3) is 0.286. The van der Waals surface area contributed by atoms with E-state index in [1.807, 2.05) is 41.9 Å². The molecule has 28 heavy (non-hydrogen) atoms. The van der Waals surface area contributed by atoms with Crippen LogP contribution in [0.25, 0.3) is 5.69 Å². The maximum atomic E-state index is 12.3. The molecule has 0 aliphatic carbocycles. The molecule has 1 aliphatic rings. The van der Waals surface area contributed by atoms with Crippen LogP contribution >= 0.6 is 0 Å². The monoisotopic (exact) mass is 377 g/mol. The quantitative estimate of drug-likeness (QED) is 0.546. The van der Waals surface area contributed by atoms with Gasteiger partial charge in [0.2, 0.25) is 0 Å². The Morgan fingerprint density at radius 1 is 1.18 bits per heavy atom. The number of para-hydroxylation sites is 1. The molecule has 7 heteroatoms. The van der Waals surface area contributed by atoms with Crippen LogP contribution in [-0.2, 0) is 0 Å². The molecule has 1 N–H and O–H groups in total. The highest BCUT2D eigenvalue weighted by Gasteiger charge is 2.23.